The number of hydrogen-bond donors (Lipinski definition) is 2. The third-order valence-electron chi connectivity index (χ3n) is 3.87. The zero-order valence-electron chi connectivity index (χ0n) is 12.3. The lowest BCUT2D eigenvalue weighted by atomic mass is 10.0. The minimum Gasteiger partial charge on any atom is -0.423 e. The number of rotatable bonds is 5. The Hall–Kier alpha value is -1.65. The quantitative estimate of drug-likeness (QED) is 0.808. The zero-order chi connectivity index (χ0) is 14.7. The molecule has 0 aliphatic rings. The predicted molar refractivity (Wildman–Crippen MR) is 78.8 cm³/mol. The summed E-state index contributed by atoms with van der Waals surface area (Å²) in [5, 5.41) is 12.3. The van der Waals surface area contributed by atoms with E-state index in [9.17, 15) is 9.90 Å². The summed E-state index contributed by atoms with van der Waals surface area (Å²) in [5.41, 5.74) is 3.58. The molecule has 2 aromatic rings. The van der Waals surface area contributed by atoms with Crippen molar-refractivity contribution in [3.05, 3.63) is 45.3 Å². The number of fused-ring (bicyclic) bond motifs is 1. The molecule has 1 heterocycles. The molecule has 0 spiro atoms. The van der Waals surface area contributed by atoms with E-state index < -0.39 is 0 Å². The van der Waals surface area contributed by atoms with E-state index in [-0.39, 0.29) is 18.3 Å². The number of aryl methyl sites for hydroxylation is 2. The van der Waals surface area contributed by atoms with E-state index in [0.717, 1.165) is 22.9 Å². The van der Waals surface area contributed by atoms with Crippen LogP contribution in [0.25, 0.3) is 11.0 Å². The van der Waals surface area contributed by atoms with Crippen LogP contribution >= 0.6 is 0 Å². The first-order valence-electron chi connectivity index (χ1n) is 7.03. The summed E-state index contributed by atoms with van der Waals surface area (Å²) in [7, 11) is 0. The molecule has 0 bridgehead atoms. The van der Waals surface area contributed by atoms with Crippen LogP contribution in [0.3, 0.4) is 0 Å². The van der Waals surface area contributed by atoms with Crippen molar-refractivity contribution in [1.29, 1.82) is 0 Å². The maximum Gasteiger partial charge on any atom is 0.336 e. The number of benzene rings is 1. The minimum atomic E-state index is -0.318. The Labute approximate surface area is 118 Å². The number of hydrogen-bond acceptors (Lipinski definition) is 3. The third-order valence-corrected chi connectivity index (χ3v) is 3.87. The molecule has 1 aromatic heterocycles. The van der Waals surface area contributed by atoms with Crippen molar-refractivity contribution >= 4 is 11.0 Å². The fraction of sp³-hybridized carbons (Fsp3) is 0.438. The normalized spacial score (nSPS) is 12.8. The van der Waals surface area contributed by atoms with Crippen LogP contribution in [0.5, 0.6) is 0 Å². The molecule has 20 heavy (non-hydrogen) atoms. The summed E-state index contributed by atoms with van der Waals surface area (Å²) in [4.78, 5) is 11.7. The van der Waals surface area contributed by atoms with Gasteiger partial charge in [0, 0.05) is 17.0 Å². The van der Waals surface area contributed by atoms with Crippen LogP contribution in [0.15, 0.2) is 27.4 Å². The SMILES string of the molecule is CC[C@@H](CO)[NH2+]Cc1cc(=O)oc2cc(C)c(C)cc12. The van der Waals surface area contributed by atoms with Gasteiger partial charge in [0.1, 0.15) is 18.2 Å². The van der Waals surface area contributed by atoms with Crippen LogP contribution in [0.1, 0.15) is 30.0 Å². The average Bonchev–Trinajstić information content (AvgIpc) is 2.42. The highest BCUT2D eigenvalue weighted by atomic mass is 16.4. The van der Waals surface area contributed by atoms with E-state index in [2.05, 4.69) is 18.3 Å². The highest BCUT2D eigenvalue weighted by molar-refractivity contribution is 5.81. The molecular formula is C16H22NO3+. The van der Waals surface area contributed by atoms with Crippen molar-refractivity contribution in [2.45, 2.75) is 39.8 Å². The second kappa shape index (κ2) is 6.20. The molecule has 3 N–H and O–H groups in total. The summed E-state index contributed by atoms with van der Waals surface area (Å²) < 4.78 is 5.28. The average molecular weight is 276 g/mol. The van der Waals surface area contributed by atoms with Gasteiger partial charge in [-0.25, -0.2) is 4.79 Å². The van der Waals surface area contributed by atoms with E-state index in [0.29, 0.717) is 12.1 Å². The molecule has 0 unspecified atom stereocenters. The first kappa shape index (κ1) is 14.8. The van der Waals surface area contributed by atoms with Gasteiger partial charge in [0.15, 0.2) is 0 Å². The Morgan fingerprint density at radius 2 is 1.95 bits per heavy atom. The molecule has 2 rings (SSSR count). The molecule has 108 valence electrons. The van der Waals surface area contributed by atoms with Gasteiger partial charge in [-0.1, -0.05) is 6.92 Å². The van der Waals surface area contributed by atoms with Gasteiger partial charge >= 0.3 is 5.63 Å². The Bertz CT molecular complexity index is 657. The fourth-order valence-corrected chi connectivity index (χ4v) is 2.32. The molecule has 4 heteroatoms. The molecule has 0 aliphatic heterocycles. The van der Waals surface area contributed by atoms with Crippen LogP contribution in [0, 0.1) is 13.8 Å². The van der Waals surface area contributed by atoms with Crippen molar-refractivity contribution in [2.24, 2.45) is 0 Å². The highest BCUT2D eigenvalue weighted by Crippen LogP contribution is 2.21. The molecule has 0 radical (unpaired) electrons. The van der Waals surface area contributed by atoms with Crippen LogP contribution in [-0.2, 0) is 6.54 Å². The minimum absolute atomic E-state index is 0.147. The van der Waals surface area contributed by atoms with E-state index in [1.54, 1.807) is 6.07 Å². The van der Waals surface area contributed by atoms with Gasteiger partial charge in [0.2, 0.25) is 0 Å². The van der Waals surface area contributed by atoms with Gasteiger partial charge in [-0.05, 0) is 43.5 Å². The lowest BCUT2D eigenvalue weighted by Crippen LogP contribution is -2.89. The van der Waals surface area contributed by atoms with Crippen LogP contribution in [-0.4, -0.2) is 17.8 Å². The van der Waals surface area contributed by atoms with Crippen LogP contribution < -0.4 is 10.9 Å². The summed E-state index contributed by atoms with van der Waals surface area (Å²) in [6, 6.07) is 5.71. The largest absolute Gasteiger partial charge is 0.423 e. The summed E-state index contributed by atoms with van der Waals surface area (Å²) in [5.74, 6) is 0. The summed E-state index contributed by atoms with van der Waals surface area (Å²) in [6.07, 6.45) is 0.897. The van der Waals surface area contributed by atoms with Crippen molar-refractivity contribution in [1.82, 2.24) is 0 Å². The zero-order valence-corrected chi connectivity index (χ0v) is 12.3. The Balaban J connectivity index is 2.41. The Morgan fingerprint density at radius 1 is 1.25 bits per heavy atom. The molecule has 4 nitrogen and oxygen atoms in total. The topological polar surface area (TPSA) is 67.1 Å². The predicted octanol–water partition coefficient (Wildman–Crippen LogP) is 1.24. The fourth-order valence-electron chi connectivity index (χ4n) is 2.32. The van der Waals surface area contributed by atoms with E-state index >= 15 is 0 Å². The first-order chi connectivity index (χ1) is 9.55. The maximum atomic E-state index is 11.7. The summed E-state index contributed by atoms with van der Waals surface area (Å²) >= 11 is 0. The number of aliphatic hydroxyl groups is 1. The van der Waals surface area contributed by atoms with Gasteiger partial charge in [0.25, 0.3) is 0 Å². The molecule has 0 amide bonds. The highest BCUT2D eigenvalue weighted by Gasteiger charge is 2.12. The smallest absolute Gasteiger partial charge is 0.336 e. The number of nitrogens with two attached hydrogens (primary N) is 1. The standard InChI is InChI=1S/C16H21NO3/c1-4-13(9-18)17-8-12-7-16(19)20-15-6-11(3)10(2)5-14(12)15/h5-7,13,17-18H,4,8-9H2,1-3H3/p+1/t13-/m0/s1. The van der Waals surface area contributed by atoms with E-state index in [1.165, 1.54) is 5.56 Å². The first-order valence-corrected chi connectivity index (χ1v) is 7.03. The lowest BCUT2D eigenvalue weighted by Gasteiger charge is -2.12. The van der Waals surface area contributed by atoms with E-state index in [1.807, 2.05) is 19.9 Å². The van der Waals surface area contributed by atoms with Crippen molar-refractivity contribution in [2.75, 3.05) is 6.61 Å². The number of aliphatic hydroxyl groups excluding tert-OH is 1. The monoisotopic (exact) mass is 276 g/mol. The van der Waals surface area contributed by atoms with E-state index in [4.69, 9.17) is 4.42 Å². The summed E-state index contributed by atoms with van der Waals surface area (Å²) in [6.45, 7) is 6.92. The lowest BCUT2D eigenvalue weighted by molar-refractivity contribution is -0.706. The van der Waals surface area contributed by atoms with Crippen molar-refractivity contribution in [3.63, 3.8) is 0 Å². The molecule has 0 saturated carbocycles. The van der Waals surface area contributed by atoms with Crippen LogP contribution in [0.4, 0.5) is 0 Å². The van der Waals surface area contributed by atoms with Crippen molar-refractivity contribution in [3.8, 4) is 0 Å². The van der Waals surface area contributed by atoms with Gasteiger partial charge in [-0.15, -0.1) is 0 Å². The Morgan fingerprint density at radius 3 is 2.60 bits per heavy atom. The molecule has 0 saturated heterocycles. The number of quaternary nitrogens is 1. The second-order valence-corrected chi connectivity index (χ2v) is 5.31. The molecule has 0 aliphatic carbocycles. The van der Waals surface area contributed by atoms with Gasteiger partial charge < -0.3 is 14.8 Å². The molecule has 1 aromatic carbocycles. The third kappa shape index (κ3) is 3.08. The molecule has 1 atom stereocenters. The van der Waals surface area contributed by atoms with Crippen molar-refractivity contribution < 1.29 is 14.8 Å². The van der Waals surface area contributed by atoms with Crippen LogP contribution in [0.2, 0.25) is 0 Å². The Kier molecular flexibility index (Phi) is 4.57. The van der Waals surface area contributed by atoms with Gasteiger partial charge in [-0.3, -0.25) is 0 Å². The van der Waals surface area contributed by atoms with Gasteiger partial charge in [0.05, 0.1) is 6.61 Å². The maximum absolute atomic E-state index is 11.7. The second-order valence-electron chi connectivity index (χ2n) is 5.31. The molecule has 0 fully saturated rings. The van der Waals surface area contributed by atoms with Gasteiger partial charge in [-0.2, -0.15) is 0 Å². The molecular weight excluding hydrogens is 254 g/mol.